The Morgan fingerprint density at radius 3 is 0.778 bits per heavy atom. The van der Waals surface area contributed by atoms with Crippen molar-refractivity contribution < 1.29 is 0 Å². The van der Waals surface area contributed by atoms with E-state index in [1.165, 1.54) is 135 Å². The minimum Gasteiger partial charge on any atom is -0.0885 e. The predicted molar refractivity (Wildman–Crippen MR) is 126 cm³/mol. The largest absolute Gasteiger partial charge is 0.0885 e. The summed E-state index contributed by atoms with van der Waals surface area (Å²) in [7, 11) is 0. The first-order valence-corrected chi connectivity index (χ1v) is 12.6. The van der Waals surface area contributed by atoms with Gasteiger partial charge in [0.1, 0.15) is 0 Å². The van der Waals surface area contributed by atoms with E-state index in [0.717, 1.165) is 12.8 Å². The highest BCUT2D eigenvalue weighted by Crippen LogP contribution is 2.14. The van der Waals surface area contributed by atoms with Crippen LogP contribution in [0.15, 0.2) is 12.2 Å². The lowest BCUT2D eigenvalue weighted by Gasteiger charge is -2.03. The molecule has 0 nitrogen and oxygen atoms in total. The maximum Gasteiger partial charge on any atom is -0.0351 e. The average molecular weight is 377 g/mol. The molecule has 0 spiro atoms. The molecule has 0 aliphatic heterocycles. The van der Waals surface area contributed by atoms with E-state index >= 15 is 0 Å². The van der Waals surface area contributed by atoms with E-state index in [4.69, 9.17) is 0 Å². The fourth-order valence-electron chi connectivity index (χ4n) is 3.77. The molecule has 2 radical (unpaired) electrons. The Kier molecular flexibility index (Phi) is 25.5. The molecule has 160 valence electrons. The van der Waals surface area contributed by atoms with E-state index in [1.54, 1.807) is 0 Å². The Morgan fingerprint density at radius 2 is 0.519 bits per heavy atom. The van der Waals surface area contributed by atoms with Crippen LogP contribution in [0.5, 0.6) is 0 Å². The molecule has 0 heterocycles. The first-order valence-electron chi connectivity index (χ1n) is 12.6. The highest BCUT2D eigenvalue weighted by atomic mass is 14.0. The number of hydrogen-bond acceptors (Lipinski definition) is 0. The zero-order valence-corrected chi connectivity index (χ0v) is 18.8. The summed E-state index contributed by atoms with van der Waals surface area (Å²) in [6.07, 6.45) is 36.7. The van der Waals surface area contributed by atoms with Crippen molar-refractivity contribution in [3.8, 4) is 0 Å². The van der Waals surface area contributed by atoms with Crippen LogP contribution in [0.3, 0.4) is 0 Å². The summed E-state index contributed by atoms with van der Waals surface area (Å²) < 4.78 is 0. The second-order valence-electron chi connectivity index (χ2n) is 8.47. The van der Waals surface area contributed by atoms with Gasteiger partial charge < -0.3 is 0 Å². The number of hydrogen-bond donors (Lipinski definition) is 0. The van der Waals surface area contributed by atoms with Crippen LogP contribution in [0.25, 0.3) is 0 Å². The van der Waals surface area contributed by atoms with Gasteiger partial charge in [-0.05, 0) is 25.7 Å². The molecular weight excluding hydrogens is 324 g/mol. The molecule has 0 heteroatoms. The van der Waals surface area contributed by atoms with Gasteiger partial charge in [0.05, 0.1) is 0 Å². The minimum absolute atomic E-state index is 1.11. The van der Waals surface area contributed by atoms with Crippen LogP contribution in [-0.4, -0.2) is 0 Å². The van der Waals surface area contributed by atoms with E-state index < -0.39 is 0 Å². The summed E-state index contributed by atoms with van der Waals surface area (Å²) in [5.41, 5.74) is 0. The molecule has 0 saturated carbocycles. The van der Waals surface area contributed by atoms with Gasteiger partial charge in [0.2, 0.25) is 0 Å². The Morgan fingerprint density at radius 1 is 0.296 bits per heavy atom. The van der Waals surface area contributed by atoms with Crippen LogP contribution >= 0.6 is 0 Å². The summed E-state index contributed by atoms with van der Waals surface area (Å²) >= 11 is 0. The van der Waals surface area contributed by atoms with Gasteiger partial charge >= 0.3 is 0 Å². The van der Waals surface area contributed by atoms with Crippen molar-refractivity contribution in [2.45, 2.75) is 148 Å². The molecule has 0 aromatic heterocycles. The Labute approximate surface area is 174 Å². The lowest BCUT2D eigenvalue weighted by atomic mass is 10.0. The zero-order valence-electron chi connectivity index (χ0n) is 18.8. The molecule has 0 bridgehead atoms. The lowest BCUT2D eigenvalue weighted by molar-refractivity contribution is 0.534. The minimum atomic E-state index is 1.11. The zero-order chi connectivity index (χ0) is 19.7. The van der Waals surface area contributed by atoms with Gasteiger partial charge in [0, 0.05) is 0 Å². The van der Waals surface area contributed by atoms with Gasteiger partial charge in [-0.1, -0.05) is 148 Å². The maximum absolute atomic E-state index is 3.91. The summed E-state index contributed by atoms with van der Waals surface area (Å²) in [6.45, 7) is 7.81. The van der Waals surface area contributed by atoms with Crippen LogP contribution in [0, 0.1) is 13.8 Å². The second kappa shape index (κ2) is 25.7. The Balaban J connectivity index is 3.03. The van der Waals surface area contributed by atoms with Crippen molar-refractivity contribution in [2.24, 2.45) is 0 Å². The maximum atomic E-state index is 3.91. The second-order valence-corrected chi connectivity index (χ2v) is 8.47. The fraction of sp³-hybridized carbons (Fsp3) is 0.852. The highest BCUT2D eigenvalue weighted by molar-refractivity contribution is 4.81. The highest BCUT2D eigenvalue weighted by Gasteiger charge is 1.94. The quantitative estimate of drug-likeness (QED) is 0.123. The molecule has 0 N–H and O–H groups in total. The molecule has 0 aliphatic rings. The van der Waals surface area contributed by atoms with Crippen molar-refractivity contribution in [3.63, 3.8) is 0 Å². The molecule has 0 unspecified atom stereocenters. The summed E-state index contributed by atoms with van der Waals surface area (Å²) in [5, 5.41) is 0. The van der Waals surface area contributed by atoms with Crippen molar-refractivity contribution >= 4 is 0 Å². The smallest absolute Gasteiger partial charge is 0.0351 e. The monoisotopic (exact) mass is 376 g/mol. The third kappa shape index (κ3) is 25.7. The lowest BCUT2D eigenvalue weighted by Crippen LogP contribution is -1.83. The first kappa shape index (κ1) is 26.7. The van der Waals surface area contributed by atoms with Crippen LogP contribution in [0.2, 0.25) is 0 Å². The molecule has 0 aliphatic carbocycles. The predicted octanol–water partition coefficient (Wildman–Crippen LogP) is 10.2. The van der Waals surface area contributed by atoms with Crippen LogP contribution in [0.4, 0.5) is 0 Å². The Bertz CT molecular complexity index is 265. The third-order valence-corrected chi connectivity index (χ3v) is 5.66. The molecule has 0 rings (SSSR count). The van der Waals surface area contributed by atoms with Crippen molar-refractivity contribution in [1.82, 2.24) is 0 Å². The van der Waals surface area contributed by atoms with Crippen molar-refractivity contribution in [2.75, 3.05) is 0 Å². The molecule has 27 heavy (non-hydrogen) atoms. The first-order chi connectivity index (χ1) is 13.4. The number of rotatable bonds is 23. The molecule has 0 amide bonds. The van der Waals surface area contributed by atoms with Gasteiger partial charge in [-0.15, -0.1) is 0 Å². The van der Waals surface area contributed by atoms with Crippen LogP contribution in [-0.2, 0) is 0 Å². The topological polar surface area (TPSA) is 0 Å². The summed E-state index contributed by atoms with van der Waals surface area (Å²) in [6, 6.07) is 0. The SMILES string of the molecule is [CH2]CCCCCCC/C=C/CCCCCCCCCCCCCCCC[CH2]. The normalized spacial score (nSPS) is 11.6. The van der Waals surface area contributed by atoms with Gasteiger partial charge in [-0.3, -0.25) is 0 Å². The van der Waals surface area contributed by atoms with Crippen molar-refractivity contribution in [1.29, 1.82) is 0 Å². The van der Waals surface area contributed by atoms with Crippen LogP contribution in [0.1, 0.15) is 148 Å². The number of allylic oxidation sites excluding steroid dienone is 2. The fourth-order valence-corrected chi connectivity index (χ4v) is 3.77. The van der Waals surface area contributed by atoms with Gasteiger partial charge in [0.15, 0.2) is 0 Å². The van der Waals surface area contributed by atoms with E-state index in [0.29, 0.717) is 0 Å². The van der Waals surface area contributed by atoms with Gasteiger partial charge in [0.25, 0.3) is 0 Å². The number of unbranched alkanes of at least 4 members (excludes halogenated alkanes) is 21. The van der Waals surface area contributed by atoms with Gasteiger partial charge in [-0.2, -0.15) is 0 Å². The van der Waals surface area contributed by atoms with Gasteiger partial charge in [-0.25, -0.2) is 0 Å². The molecule has 0 atom stereocenters. The standard InChI is InChI=1S/C27H52/c1-3-5-7-9-11-13-15-17-19-21-23-25-27-26-24-22-20-18-16-14-12-10-8-6-4-2/h17,19H,1-16,18,20-27H2/b19-17+. The molecule has 0 aromatic carbocycles. The van der Waals surface area contributed by atoms with E-state index in [2.05, 4.69) is 26.0 Å². The molecule has 0 fully saturated rings. The van der Waals surface area contributed by atoms with E-state index in [9.17, 15) is 0 Å². The average Bonchev–Trinajstić information content (AvgIpc) is 2.68. The van der Waals surface area contributed by atoms with E-state index in [1.807, 2.05) is 0 Å². The van der Waals surface area contributed by atoms with Crippen molar-refractivity contribution in [3.05, 3.63) is 26.0 Å². The molecular formula is C27H52. The molecule has 0 aromatic rings. The summed E-state index contributed by atoms with van der Waals surface area (Å²) in [5.74, 6) is 0. The Hall–Kier alpha value is -0.260. The van der Waals surface area contributed by atoms with E-state index in [-0.39, 0.29) is 0 Å². The van der Waals surface area contributed by atoms with Crippen LogP contribution < -0.4 is 0 Å². The third-order valence-electron chi connectivity index (χ3n) is 5.66. The molecule has 0 saturated heterocycles. The summed E-state index contributed by atoms with van der Waals surface area (Å²) in [4.78, 5) is 0.